The lowest BCUT2D eigenvalue weighted by Gasteiger charge is -2.13. The van der Waals surface area contributed by atoms with E-state index in [1.54, 1.807) is 0 Å². The van der Waals surface area contributed by atoms with Gasteiger partial charge in [0, 0.05) is 6.07 Å². The van der Waals surface area contributed by atoms with Gasteiger partial charge in [0.05, 0.1) is 16.2 Å². The van der Waals surface area contributed by atoms with Gasteiger partial charge in [0.15, 0.2) is 0 Å². The summed E-state index contributed by atoms with van der Waals surface area (Å²) < 4.78 is 66.1. The Hall–Kier alpha value is -0.670. The molecule has 0 aliphatic rings. The van der Waals surface area contributed by atoms with Gasteiger partial charge >= 0.3 is 6.18 Å². The largest absolute Gasteiger partial charge is 0.481 e. The zero-order chi connectivity index (χ0) is 12.5. The van der Waals surface area contributed by atoms with Crippen molar-refractivity contribution in [3.63, 3.8) is 0 Å². The highest BCUT2D eigenvalue weighted by atomic mass is 127. The fraction of sp³-hybridized carbons (Fsp3) is 0.375. The summed E-state index contributed by atoms with van der Waals surface area (Å²) in [5.74, 6) is -0.483. The first-order valence-electron chi connectivity index (χ1n) is 3.87. The smallest absolute Gasteiger partial charge is 0.417 e. The van der Waals surface area contributed by atoms with Crippen LogP contribution in [0.5, 0.6) is 5.88 Å². The molecular formula is C8H5F5INO. The first kappa shape index (κ1) is 13.4. The molecule has 0 radical (unpaired) electrons. The second kappa shape index (κ2) is 4.68. The van der Waals surface area contributed by atoms with Crippen molar-refractivity contribution >= 4 is 22.6 Å². The molecular weight excluding hydrogens is 348 g/mol. The van der Waals surface area contributed by atoms with E-state index in [1.165, 1.54) is 22.6 Å². The third kappa shape index (κ3) is 2.71. The number of rotatable bonds is 2. The van der Waals surface area contributed by atoms with Crippen LogP contribution in [0.15, 0.2) is 6.07 Å². The van der Waals surface area contributed by atoms with Gasteiger partial charge in [-0.05, 0) is 22.6 Å². The molecule has 0 saturated carbocycles. The highest BCUT2D eigenvalue weighted by Crippen LogP contribution is 2.37. The summed E-state index contributed by atoms with van der Waals surface area (Å²) >= 11 is 1.20. The molecule has 1 aromatic rings. The SMILES string of the molecule is COc1cc(C(F)(F)F)c(I)c(C(F)F)n1. The van der Waals surface area contributed by atoms with Gasteiger partial charge < -0.3 is 4.74 Å². The van der Waals surface area contributed by atoms with Crippen LogP contribution in [0, 0.1) is 3.57 Å². The van der Waals surface area contributed by atoms with Crippen LogP contribution >= 0.6 is 22.6 Å². The zero-order valence-corrected chi connectivity index (χ0v) is 9.94. The van der Waals surface area contributed by atoms with Crippen molar-refractivity contribution in [3.8, 4) is 5.88 Å². The summed E-state index contributed by atoms with van der Waals surface area (Å²) in [6.07, 6.45) is -7.79. The van der Waals surface area contributed by atoms with Gasteiger partial charge in [-0.3, -0.25) is 0 Å². The number of methoxy groups -OCH3 is 1. The van der Waals surface area contributed by atoms with Crippen LogP contribution in [-0.4, -0.2) is 12.1 Å². The number of hydrogen-bond acceptors (Lipinski definition) is 2. The lowest BCUT2D eigenvalue weighted by Crippen LogP contribution is -2.12. The van der Waals surface area contributed by atoms with E-state index in [9.17, 15) is 22.0 Å². The van der Waals surface area contributed by atoms with E-state index in [2.05, 4.69) is 9.72 Å². The van der Waals surface area contributed by atoms with Crippen LogP contribution in [-0.2, 0) is 6.18 Å². The molecule has 16 heavy (non-hydrogen) atoms. The van der Waals surface area contributed by atoms with E-state index in [0.29, 0.717) is 6.07 Å². The van der Waals surface area contributed by atoms with Crippen LogP contribution in [0.2, 0.25) is 0 Å². The maximum atomic E-state index is 12.5. The molecule has 90 valence electrons. The molecule has 0 unspecified atom stereocenters. The Labute approximate surface area is 101 Å². The third-order valence-corrected chi connectivity index (χ3v) is 2.81. The maximum absolute atomic E-state index is 12.5. The molecule has 8 heteroatoms. The van der Waals surface area contributed by atoms with Crippen LogP contribution in [0.3, 0.4) is 0 Å². The first-order chi connectivity index (χ1) is 7.27. The summed E-state index contributed by atoms with van der Waals surface area (Å²) in [4.78, 5) is 3.28. The van der Waals surface area contributed by atoms with Crippen LogP contribution in [0.4, 0.5) is 22.0 Å². The van der Waals surface area contributed by atoms with Crippen molar-refractivity contribution in [1.29, 1.82) is 0 Å². The summed E-state index contributed by atoms with van der Waals surface area (Å²) in [7, 11) is 1.06. The minimum Gasteiger partial charge on any atom is -0.481 e. The molecule has 1 rings (SSSR count). The minimum atomic E-state index is -4.71. The first-order valence-corrected chi connectivity index (χ1v) is 4.95. The van der Waals surface area contributed by atoms with E-state index in [-0.39, 0.29) is 0 Å². The van der Waals surface area contributed by atoms with Crippen molar-refractivity contribution in [2.75, 3.05) is 7.11 Å². The number of aromatic nitrogens is 1. The monoisotopic (exact) mass is 353 g/mol. The molecule has 0 spiro atoms. The van der Waals surface area contributed by atoms with E-state index in [0.717, 1.165) is 7.11 Å². The number of halogens is 6. The average molecular weight is 353 g/mol. The second-order valence-electron chi connectivity index (χ2n) is 2.71. The van der Waals surface area contributed by atoms with E-state index < -0.39 is 33.3 Å². The Morgan fingerprint density at radius 1 is 1.38 bits per heavy atom. The van der Waals surface area contributed by atoms with Crippen molar-refractivity contribution in [2.24, 2.45) is 0 Å². The molecule has 0 fully saturated rings. The predicted octanol–water partition coefficient (Wildman–Crippen LogP) is 3.65. The highest BCUT2D eigenvalue weighted by molar-refractivity contribution is 14.1. The molecule has 0 atom stereocenters. The Morgan fingerprint density at radius 2 is 1.94 bits per heavy atom. The number of alkyl halides is 5. The standard InChI is InChI=1S/C8H5F5INO/c1-16-4-2-3(8(11,12)13)5(14)6(15-4)7(9)10/h2,7H,1H3. The number of nitrogens with zero attached hydrogens (tertiary/aromatic N) is 1. The van der Waals surface area contributed by atoms with Crippen molar-refractivity contribution in [2.45, 2.75) is 12.6 Å². The number of pyridine rings is 1. The van der Waals surface area contributed by atoms with Gasteiger partial charge in [-0.25, -0.2) is 13.8 Å². The fourth-order valence-corrected chi connectivity index (χ4v) is 1.80. The van der Waals surface area contributed by atoms with Gasteiger partial charge in [0.25, 0.3) is 6.43 Å². The topological polar surface area (TPSA) is 22.1 Å². The molecule has 2 nitrogen and oxygen atoms in total. The van der Waals surface area contributed by atoms with Gasteiger partial charge in [-0.2, -0.15) is 13.2 Å². The lowest BCUT2D eigenvalue weighted by atomic mass is 10.2. The summed E-state index contributed by atoms with van der Waals surface area (Å²) in [5, 5.41) is 0. The molecule has 0 bridgehead atoms. The van der Waals surface area contributed by atoms with Crippen molar-refractivity contribution in [3.05, 3.63) is 20.9 Å². The molecule has 1 heterocycles. The summed E-state index contributed by atoms with van der Waals surface area (Å²) in [6.45, 7) is 0. The Kier molecular flexibility index (Phi) is 3.92. The van der Waals surface area contributed by atoms with E-state index in [4.69, 9.17) is 0 Å². The quantitative estimate of drug-likeness (QED) is 0.598. The van der Waals surface area contributed by atoms with Crippen molar-refractivity contribution < 1.29 is 26.7 Å². The van der Waals surface area contributed by atoms with Gasteiger partial charge in [-0.15, -0.1) is 0 Å². The highest BCUT2D eigenvalue weighted by Gasteiger charge is 2.36. The Bertz CT molecular complexity index is 393. The molecule has 0 aromatic carbocycles. The van der Waals surface area contributed by atoms with Gasteiger partial charge in [-0.1, -0.05) is 0 Å². The number of hydrogen-bond donors (Lipinski definition) is 0. The van der Waals surface area contributed by atoms with E-state index >= 15 is 0 Å². The normalized spacial score (nSPS) is 12.0. The fourth-order valence-electron chi connectivity index (χ4n) is 0.980. The molecule has 0 amide bonds. The molecule has 0 aliphatic carbocycles. The van der Waals surface area contributed by atoms with Crippen LogP contribution in [0.1, 0.15) is 17.7 Å². The number of ether oxygens (including phenoxy) is 1. The maximum Gasteiger partial charge on any atom is 0.417 e. The molecule has 0 saturated heterocycles. The zero-order valence-electron chi connectivity index (χ0n) is 7.78. The minimum absolute atomic E-state index is 0.483. The third-order valence-electron chi connectivity index (χ3n) is 1.68. The molecule has 0 aliphatic heterocycles. The second-order valence-corrected chi connectivity index (χ2v) is 3.79. The Morgan fingerprint density at radius 3 is 2.31 bits per heavy atom. The molecule has 1 aromatic heterocycles. The van der Waals surface area contributed by atoms with E-state index in [1.807, 2.05) is 0 Å². The summed E-state index contributed by atoms with van der Waals surface area (Å²) in [5.41, 5.74) is -2.09. The average Bonchev–Trinajstić information content (AvgIpc) is 2.15. The van der Waals surface area contributed by atoms with Gasteiger partial charge in [0.2, 0.25) is 5.88 Å². The Balaban J connectivity index is 3.44. The summed E-state index contributed by atoms with van der Waals surface area (Å²) in [6, 6.07) is 0.591. The van der Waals surface area contributed by atoms with Gasteiger partial charge in [0.1, 0.15) is 5.69 Å². The van der Waals surface area contributed by atoms with Crippen LogP contribution < -0.4 is 4.74 Å². The van der Waals surface area contributed by atoms with Crippen LogP contribution in [0.25, 0.3) is 0 Å². The lowest BCUT2D eigenvalue weighted by molar-refractivity contribution is -0.138. The van der Waals surface area contributed by atoms with Crippen molar-refractivity contribution in [1.82, 2.24) is 4.98 Å². The predicted molar refractivity (Wildman–Crippen MR) is 53.5 cm³/mol. The molecule has 0 N–H and O–H groups in total.